The number of rotatable bonds is 5. The highest BCUT2D eigenvalue weighted by molar-refractivity contribution is 5.83. The van der Waals surface area contributed by atoms with Crippen molar-refractivity contribution in [1.29, 1.82) is 0 Å². The van der Waals surface area contributed by atoms with E-state index in [1.54, 1.807) is 4.57 Å². The molecule has 2 heterocycles. The molecule has 0 unspecified atom stereocenters. The number of aryl methyl sites for hydroxylation is 1. The number of imidazole rings is 1. The molecule has 1 saturated carbocycles. The number of anilines is 1. The fourth-order valence-corrected chi connectivity index (χ4v) is 2.79. The van der Waals surface area contributed by atoms with Crippen LogP contribution in [-0.2, 0) is 19.1 Å². The molecule has 0 aliphatic heterocycles. The minimum Gasteiger partial charge on any atom is -0.365 e. The molecule has 2 aromatic heterocycles. The SMILES string of the molecule is CCc1ccc(Cn2cnc3c(NC4CC4)nc(C(F)(F)F)nc32)cc1. The second kappa shape index (κ2) is 6.26. The molecule has 0 radical (unpaired) electrons. The minimum absolute atomic E-state index is 0.157. The van der Waals surface area contributed by atoms with E-state index in [4.69, 9.17) is 0 Å². The largest absolute Gasteiger partial charge is 0.451 e. The highest BCUT2D eigenvalue weighted by Gasteiger charge is 2.37. The van der Waals surface area contributed by atoms with Crippen molar-refractivity contribution >= 4 is 17.0 Å². The summed E-state index contributed by atoms with van der Waals surface area (Å²) in [4.78, 5) is 11.7. The Hall–Kier alpha value is -2.64. The summed E-state index contributed by atoms with van der Waals surface area (Å²) in [5, 5.41) is 3.04. The molecule has 4 rings (SSSR count). The Bertz CT molecular complexity index is 926. The molecule has 3 aromatic rings. The lowest BCUT2D eigenvalue weighted by Crippen LogP contribution is -2.15. The van der Waals surface area contributed by atoms with Gasteiger partial charge in [0.1, 0.15) is 5.52 Å². The van der Waals surface area contributed by atoms with E-state index in [0.717, 1.165) is 24.8 Å². The van der Waals surface area contributed by atoms with Gasteiger partial charge < -0.3 is 9.88 Å². The van der Waals surface area contributed by atoms with E-state index in [1.807, 2.05) is 24.3 Å². The number of fused-ring (bicyclic) bond motifs is 1. The van der Waals surface area contributed by atoms with Gasteiger partial charge in [0.2, 0.25) is 5.82 Å². The third kappa shape index (κ3) is 3.36. The van der Waals surface area contributed by atoms with Gasteiger partial charge in [-0.05, 0) is 30.4 Å². The molecular formula is C18H18F3N5. The summed E-state index contributed by atoms with van der Waals surface area (Å²) in [6, 6.07) is 8.15. The molecule has 0 bridgehead atoms. The lowest BCUT2D eigenvalue weighted by Gasteiger charge is -2.11. The van der Waals surface area contributed by atoms with Crippen molar-refractivity contribution in [3.8, 4) is 0 Å². The zero-order valence-corrected chi connectivity index (χ0v) is 14.2. The van der Waals surface area contributed by atoms with Gasteiger partial charge in [-0.1, -0.05) is 31.2 Å². The van der Waals surface area contributed by atoms with Crippen LogP contribution in [-0.4, -0.2) is 25.6 Å². The van der Waals surface area contributed by atoms with Gasteiger partial charge in [-0.25, -0.2) is 15.0 Å². The van der Waals surface area contributed by atoms with Crippen LogP contribution in [0.3, 0.4) is 0 Å². The average Bonchev–Trinajstić information content (AvgIpc) is 3.34. The molecule has 1 aliphatic carbocycles. The van der Waals surface area contributed by atoms with E-state index in [1.165, 1.54) is 11.9 Å². The maximum atomic E-state index is 13.2. The van der Waals surface area contributed by atoms with Gasteiger partial charge in [0.15, 0.2) is 11.5 Å². The maximum Gasteiger partial charge on any atom is 0.451 e. The number of halogens is 3. The first kappa shape index (κ1) is 16.8. The van der Waals surface area contributed by atoms with Crippen LogP contribution in [0.5, 0.6) is 0 Å². The van der Waals surface area contributed by atoms with Crippen molar-refractivity contribution < 1.29 is 13.2 Å². The minimum atomic E-state index is -4.61. The molecule has 1 fully saturated rings. The monoisotopic (exact) mass is 361 g/mol. The van der Waals surface area contributed by atoms with Crippen LogP contribution in [0.15, 0.2) is 30.6 Å². The fourth-order valence-electron chi connectivity index (χ4n) is 2.79. The summed E-state index contributed by atoms with van der Waals surface area (Å²) in [6.45, 7) is 2.47. The van der Waals surface area contributed by atoms with E-state index in [2.05, 4.69) is 27.2 Å². The Morgan fingerprint density at radius 2 is 1.81 bits per heavy atom. The Morgan fingerprint density at radius 1 is 1.12 bits per heavy atom. The number of alkyl halides is 3. The van der Waals surface area contributed by atoms with Gasteiger partial charge in [0.25, 0.3) is 0 Å². The van der Waals surface area contributed by atoms with Crippen molar-refractivity contribution in [3.05, 3.63) is 47.5 Å². The molecular weight excluding hydrogens is 343 g/mol. The Balaban J connectivity index is 1.74. The molecule has 0 saturated heterocycles. The lowest BCUT2D eigenvalue weighted by atomic mass is 10.1. The fraction of sp³-hybridized carbons (Fsp3) is 0.389. The van der Waals surface area contributed by atoms with Crippen molar-refractivity contribution in [2.24, 2.45) is 0 Å². The number of nitrogens with zero attached hydrogens (tertiary/aromatic N) is 4. The van der Waals surface area contributed by atoms with Gasteiger partial charge in [0, 0.05) is 6.04 Å². The number of nitrogens with one attached hydrogen (secondary N) is 1. The molecule has 136 valence electrons. The topological polar surface area (TPSA) is 55.6 Å². The van der Waals surface area contributed by atoms with Crippen LogP contribution in [0.25, 0.3) is 11.2 Å². The normalized spacial score (nSPS) is 14.8. The molecule has 1 aromatic carbocycles. The van der Waals surface area contributed by atoms with E-state index in [9.17, 15) is 13.2 Å². The summed E-state index contributed by atoms with van der Waals surface area (Å²) in [7, 11) is 0. The van der Waals surface area contributed by atoms with Gasteiger partial charge in [0.05, 0.1) is 12.9 Å². The average molecular weight is 361 g/mol. The first-order valence-electron chi connectivity index (χ1n) is 8.58. The number of aromatic nitrogens is 4. The highest BCUT2D eigenvalue weighted by Crippen LogP contribution is 2.32. The molecule has 5 nitrogen and oxygen atoms in total. The number of hydrogen-bond donors (Lipinski definition) is 1. The van der Waals surface area contributed by atoms with Gasteiger partial charge >= 0.3 is 6.18 Å². The molecule has 26 heavy (non-hydrogen) atoms. The van der Waals surface area contributed by atoms with Crippen LogP contribution >= 0.6 is 0 Å². The number of hydrogen-bond acceptors (Lipinski definition) is 4. The van der Waals surface area contributed by atoms with Gasteiger partial charge in [-0.3, -0.25) is 0 Å². The first-order valence-corrected chi connectivity index (χ1v) is 8.58. The van der Waals surface area contributed by atoms with Crippen LogP contribution in [0.1, 0.15) is 36.7 Å². The van der Waals surface area contributed by atoms with E-state index >= 15 is 0 Å². The lowest BCUT2D eigenvalue weighted by molar-refractivity contribution is -0.144. The zero-order chi connectivity index (χ0) is 18.3. The van der Waals surface area contributed by atoms with Crippen molar-refractivity contribution in [2.45, 2.75) is 44.9 Å². The predicted octanol–water partition coefficient (Wildman–Crippen LogP) is 4.03. The third-order valence-corrected chi connectivity index (χ3v) is 4.42. The molecule has 8 heteroatoms. The second-order valence-electron chi connectivity index (χ2n) is 6.53. The second-order valence-corrected chi connectivity index (χ2v) is 6.53. The smallest absolute Gasteiger partial charge is 0.365 e. The Morgan fingerprint density at radius 3 is 2.42 bits per heavy atom. The molecule has 1 aliphatic rings. The standard InChI is InChI=1S/C18H18F3N5/c1-2-11-3-5-12(6-4-11)9-26-10-22-14-15(23-13-7-8-13)24-17(18(19,20)21)25-16(14)26/h3-6,10,13H,2,7-9H2,1H3,(H,23,24,25). The predicted molar refractivity (Wildman–Crippen MR) is 91.9 cm³/mol. The van der Waals surface area contributed by atoms with Crippen LogP contribution in [0, 0.1) is 0 Å². The number of benzene rings is 1. The molecule has 1 N–H and O–H groups in total. The molecule has 0 amide bonds. The van der Waals surface area contributed by atoms with Crippen LogP contribution in [0.4, 0.5) is 19.0 Å². The van der Waals surface area contributed by atoms with Crippen LogP contribution < -0.4 is 5.32 Å². The third-order valence-electron chi connectivity index (χ3n) is 4.42. The Kier molecular flexibility index (Phi) is 4.05. The summed E-state index contributed by atoms with van der Waals surface area (Å²) in [6.07, 6.45) is -0.293. The summed E-state index contributed by atoms with van der Waals surface area (Å²) in [5.41, 5.74) is 2.75. The van der Waals surface area contributed by atoms with E-state index in [0.29, 0.717) is 12.1 Å². The first-order chi connectivity index (χ1) is 12.4. The highest BCUT2D eigenvalue weighted by atomic mass is 19.4. The molecule has 0 spiro atoms. The van der Waals surface area contributed by atoms with Crippen molar-refractivity contribution in [1.82, 2.24) is 19.5 Å². The maximum absolute atomic E-state index is 13.2. The summed E-state index contributed by atoms with van der Waals surface area (Å²) < 4.78 is 41.3. The van der Waals surface area contributed by atoms with Crippen molar-refractivity contribution in [2.75, 3.05) is 5.32 Å². The Labute approximate surface area is 148 Å². The quantitative estimate of drug-likeness (QED) is 0.745. The molecule has 0 atom stereocenters. The summed E-state index contributed by atoms with van der Waals surface area (Å²) >= 11 is 0. The van der Waals surface area contributed by atoms with Crippen LogP contribution in [0.2, 0.25) is 0 Å². The van der Waals surface area contributed by atoms with E-state index in [-0.39, 0.29) is 17.5 Å². The summed E-state index contributed by atoms with van der Waals surface area (Å²) in [5.74, 6) is -0.985. The van der Waals surface area contributed by atoms with E-state index < -0.39 is 12.0 Å². The van der Waals surface area contributed by atoms with Gasteiger partial charge in [-0.2, -0.15) is 13.2 Å². The zero-order valence-electron chi connectivity index (χ0n) is 14.2. The van der Waals surface area contributed by atoms with Gasteiger partial charge in [-0.15, -0.1) is 0 Å². The van der Waals surface area contributed by atoms with Crippen molar-refractivity contribution in [3.63, 3.8) is 0 Å².